The molecule has 0 saturated heterocycles. The Morgan fingerprint density at radius 2 is 2.20 bits per heavy atom. The highest BCUT2D eigenvalue weighted by atomic mass is 16.1. The number of rotatable bonds is 3. The molecule has 1 aromatic carbocycles. The summed E-state index contributed by atoms with van der Waals surface area (Å²) in [6.07, 6.45) is 4.36. The summed E-state index contributed by atoms with van der Waals surface area (Å²) in [5.74, 6) is 0.650. The molecule has 0 bridgehead atoms. The molecular formula is C17H26N2O. The van der Waals surface area contributed by atoms with E-state index in [4.69, 9.17) is 5.73 Å². The van der Waals surface area contributed by atoms with E-state index in [2.05, 4.69) is 12.2 Å². The molecule has 1 aliphatic carbocycles. The molecule has 3 nitrogen and oxygen atoms in total. The highest BCUT2D eigenvalue weighted by Gasteiger charge is 2.35. The Morgan fingerprint density at radius 1 is 1.45 bits per heavy atom. The predicted molar refractivity (Wildman–Crippen MR) is 82.8 cm³/mol. The monoisotopic (exact) mass is 274 g/mol. The standard InChI is InChI=1S/C17H26N2O/c1-12-6-5-9-17(10-12,11-18)19-16(20)15-8-4-7-13(2)14(15)3/h4,7-8,12H,5-6,9-11,18H2,1-3H3,(H,19,20). The summed E-state index contributed by atoms with van der Waals surface area (Å²) >= 11 is 0. The molecule has 20 heavy (non-hydrogen) atoms. The molecule has 0 aromatic heterocycles. The van der Waals surface area contributed by atoms with Gasteiger partial charge in [0, 0.05) is 12.1 Å². The normalized spacial score (nSPS) is 26.3. The second-order valence-electron chi connectivity index (χ2n) is 6.39. The van der Waals surface area contributed by atoms with E-state index in [9.17, 15) is 4.79 Å². The first kappa shape index (κ1) is 15.0. The van der Waals surface area contributed by atoms with Crippen LogP contribution >= 0.6 is 0 Å². The van der Waals surface area contributed by atoms with Crippen molar-refractivity contribution >= 4 is 5.91 Å². The third-order valence-electron chi connectivity index (χ3n) is 4.71. The van der Waals surface area contributed by atoms with Gasteiger partial charge in [-0.25, -0.2) is 0 Å². The van der Waals surface area contributed by atoms with Gasteiger partial charge >= 0.3 is 0 Å². The smallest absolute Gasteiger partial charge is 0.252 e. The lowest BCUT2D eigenvalue weighted by atomic mass is 9.76. The fourth-order valence-electron chi connectivity index (χ4n) is 3.32. The molecule has 1 fully saturated rings. The van der Waals surface area contributed by atoms with Crippen LogP contribution in [0.15, 0.2) is 18.2 Å². The molecular weight excluding hydrogens is 248 g/mol. The number of hydrogen-bond acceptors (Lipinski definition) is 2. The van der Waals surface area contributed by atoms with Crippen LogP contribution in [0.5, 0.6) is 0 Å². The molecule has 2 atom stereocenters. The molecule has 3 N–H and O–H groups in total. The van der Waals surface area contributed by atoms with E-state index in [0.717, 1.165) is 36.0 Å². The van der Waals surface area contributed by atoms with Crippen molar-refractivity contribution in [3.8, 4) is 0 Å². The molecule has 1 saturated carbocycles. The Balaban J connectivity index is 2.19. The van der Waals surface area contributed by atoms with Crippen molar-refractivity contribution in [1.82, 2.24) is 5.32 Å². The lowest BCUT2D eigenvalue weighted by Gasteiger charge is -2.40. The molecule has 0 spiro atoms. The summed E-state index contributed by atoms with van der Waals surface area (Å²) < 4.78 is 0. The van der Waals surface area contributed by atoms with Crippen molar-refractivity contribution in [2.75, 3.05) is 6.54 Å². The predicted octanol–water partition coefficient (Wildman–Crippen LogP) is 2.94. The zero-order chi connectivity index (χ0) is 14.8. The second-order valence-corrected chi connectivity index (χ2v) is 6.39. The molecule has 3 heteroatoms. The fraction of sp³-hybridized carbons (Fsp3) is 0.588. The number of nitrogens with two attached hydrogens (primary N) is 1. The molecule has 1 aromatic rings. The van der Waals surface area contributed by atoms with Gasteiger partial charge in [-0.3, -0.25) is 4.79 Å². The number of hydrogen-bond donors (Lipinski definition) is 2. The van der Waals surface area contributed by atoms with Crippen LogP contribution in [0.3, 0.4) is 0 Å². The number of nitrogens with one attached hydrogen (secondary N) is 1. The summed E-state index contributed by atoms with van der Waals surface area (Å²) in [4.78, 5) is 12.6. The summed E-state index contributed by atoms with van der Waals surface area (Å²) in [5, 5.41) is 3.23. The van der Waals surface area contributed by atoms with Crippen molar-refractivity contribution in [2.24, 2.45) is 11.7 Å². The molecule has 2 rings (SSSR count). The maximum atomic E-state index is 12.6. The molecule has 0 aliphatic heterocycles. The Bertz CT molecular complexity index is 498. The Morgan fingerprint density at radius 3 is 2.85 bits per heavy atom. The average molecular weight is 274 g/mol. The van der Waals surface area contributed by atoms with Gasteiger partial charge in [0.05, 0.1) is 5.54 Å². The molecule has 0 heterocycles. The van der Waals surface area contributed by atoms with Gasteiger partial charge in [-0.2, -0.15) is 0 Å². The Labute approximate surface area is 121 Å². The van der Waals surface area contributed by atoms with Crippen molar-refractivity contribution in [3.63, 3.8) is 0 Å². The Hall–Kier alpha value is -1.35. The van der Waals surface area contributed by atoms with Crippen LogP contribution in [0.1, 0.15) is 54.1 Å². The van der Waals surface area contributed by atoms with Gasteiger partial charge in [0.2, 0.25) is 0 Å². The highest BCUT2D eigenvalue weighted by Crippen LogP contribution is 2.32. The summed E-state index contributed by atoms with van der Waals surface area (Å²) in [6.45, 7) is 6.80. The molecule has 1 aliphatic rings. The van der Waals surface area contributed by atoms with Crippen molar-refractivity contribution in [3.05, 3.63) is 34.9 Å². The maximum Gasteiger partial charge on any atom is 0.252 e. The van der Waals surface area contributed by atoms with Crippen LogP contribution in [-0.2, 0) is 0 Å². The Kier molecular flexibility index (Phi) is 4.48. The van der Waals surface area contributed by atoms with E-state index in [0.29, 0.717) is 12.5 Å². The zero-order valence-corrected chi connectivity index (χ0v) is 12.8. The number of benzene rings is 1. The summed E-state index contributed by atoms with van der Waals surface area (Å²) in [5.41, 5.74) is 8.74. The van der Waals surface area contributed by atoms with Gasteiger partial charge in [0.1, 0.15) is 0 Å². The lowest BCUT2D eigenvalue weighted by Crippen LogP contribution is -2.56. The zero-order valence-electron chi connectivity index (χ0n) is 12.8. The van der Waals surface area contributed by atoms with E-state index < -0.39 is 0 Å². The summed E-state index contributed by atoms with van der Waals surface area (Å²) in [6, 6.07) is 5.87. The number of aryl methyl sites for hydroxylation is 1. The maximum absolute atomic E-state index is 12.6. The van der Waals surface area contributed by atoms with Crippen LogP contribution in [-0.4, -0.2) is 18.0 Å². The van der Waals surface area contributed by atoms with E-state index in [1.807, 2.05) is 32.0 Å². The van der Waals surface area contributed by atoms with Crippen LogP contribution in [0, 0.1) is 19.8 Å². The largest absolute Gasteiger partial charge is 0.345 e. The van der Waals surface area contributed by atoms with Gasteiger partial charge in [-0.1, -0.05) is 31.9 Å². The average Bonchev–Trinajstić information content (AvgIpc) is 2.41. The van der Waals surface area contributed by atoms with E-state index in [1.165, 1.54) is 6.42 Å². The third kappa shape index (κ3) is 3.04. The first-order chi connectivity index (χ1) is 9.47. The van der Waals surface area contributed by atoms with Gasteiger partial charge in [-0.15, -0.1) is 0 Å². The van der Waals surface area contributed by atoms with E-state index >= 15 is 0 Å². The second kappa shape index (κ2) is 5.96. The molecule has 2 unspecified atom stereocenters. The molecule has 1 amide bonds. The number of amides is 1. The van der Waals surface area contributed by atoms with Crippen LogP contribution < -0.4 is 11.1 Å². The summed E-state index contributed by atoms with van der Waals surface area (Å²) in [7, 11) is 0. The quantitative estimate of drug-likeness (QED) is 0.890. The number of carbonyl (C=O) groups is 1. The van der Waals surface area contributed by atoms with Crippen LogP contribution in [0.25, 0.3) is 0 Å². The molecule has 110 valence electrons. The van der Waals surface area contributed by atoms with Gasteiger partial charge < -0.3 is 11.1 Å². The topological polar surface area (TPSA) is 55.1 Å². The van der Waals surface area contributed by atoms with Gasteiger partial charge in [-0.05, 0) is 49.8 Å². The first-order valence-electron chi connectivity index (χ1n) is 7.56. The highest BCUT2D eigenvalue weighted by molar-refractivity contribution is 5.96. The SMILES string of the molecule is Cc1cccc(C(=O)NC2(CN)CCCC(C)C2)c1C. The van der Waals surface area contributed by atoms with Gasteiger partial charge in [0.25, 0.3) is 5.91 Å². The van der Waals surface area contributed by atoms with E-state index in [1.54, 1.807) is 0 Å². The third-order valence-corrected chi connectivity index (χ3v) is 4.71. The van der Waals surface area contributed by atoms with E-state index in [-0.39, 0.29) is 11.4 Å². The minimum absolute atomic E-state index is 0.0192. The minimum Gasteiger partial charge on any atom is -0.345 e. The minimum atomic E-state index is -0.217. The molecule has 0 radical (unpaired) electrons. The van der Waals surface area contributed by atoms with Gasteiger partial charge in [0.15, 0.2) is 0 Å². The van der Waals surface area contributed by atoms with Crippen molar-refractivity contribution in [2.45, 2.75) is 52.0 Å². The lowest BCUT2D eigenvalue weighted by molar-refractivity contribution is 0.0853. The van der Waals surface area contributed by atoms with Crippen molar-refractivity contribution < 1.29 is 4.79 Å². The van der Waals surface area contributed by atoms with Crippen LogP contribution in [0.2, 0.25) is 0 Å². The van der Waals surface area contributed by atoms with Crippen molar-refractivity contribution in [1.29, 1.82) is 0 Å². The van der Waals surface area contributed by atoms with Crippen LogP contribution in [0.4, 0.5) is 0 Å². The fourth-order valence-corrected chi connectivity index (χ4v) is 3.32. The first-order valence-corrected chi connectivity index (χ1v) is 7.56. The number of carbonyl (C=O) groups excluding carboxylic acids is 1.